The maximum atomic E-state index is 14.0. The molecule has 0 saturated heterocycles. The fraction of sp³-hybridized carbons (Fsp3) is 0.632. The number of hydrogen-bond donors (Lipinski definition) is 2. The van der Waals surface area contributed by atoms with E-state index in [4.69, 9.17) is 4.74 Å². The first-order valence-electron chi connectivity index (χ1n) is 15.6. The van der Waals surface area contributed by atoms with Crippen molar-refractivity contribution < 1.29 is 19.4 Å². The highest BCUT2D eigenvalue weighted by molar-refractivity contribution is 5.96. The molecule has 0 aliphatic carbocycles. The lowest BCUT2D eigenvalue weighted by Crippen LogP contribution is -2.46. The molecule has 0 saturated carbocycles. The van der Waals surface area contributed by atoms with E-state index >= 15 is 0 Å². The molecular formula is C38H59NO4. The Hall–Kier alpha value is -2.82. The summed E-state index contributed by atoms with van der Waals surface area (Å²) in [6.45, 7) is 35.1. The van der Waals surface area contributed by atoms with Crippen LogP contribution in [-0.2, 0) is 21.7 Å². The summed E-state index contributed by atoms with van der Waals surface area (Å²) in [5, 5.41) is 14.4. The van der Waals surface area contributed by atoms with Crippen LogP contribution in [0.3, 0.4) is 0 Å². The smallest absolute Gasteiger partial charge is 0.343 e. The summed E-state index contributed by atoms with van der Waals surface area (Å²) in [6, 6.07) is 7.25. The van der Waals surface area contributed by atoms with E-state index in [-0.39, 0.29) is 27.9 Å². The van der Waals surface area contributed by atoms with Gasteiger partial charge < -0.3 is 15.2 Å². The van der Waals surface area contributed by atoms with Gasteiger partial charge in [-0.3, -0.25) is 4.79 Å². The maximum absolute atomic E-state index is 14.0. The van der Waals surface area contributed by atoms with E-state index in [2.05, 4.69) is 81.5 Å². The van der Waals surface area contributed by atoms with Gasteiger partial charge in [-0.2, -0.15) is 0 Å². The number of phenolic OH excluding ortho intramolecular Hbond substituents is 1. The van der Waals surface area contributed by atoms with Crippen molar-refractivity contribution in [1.29, 1.82) is 0 Å². The minimum absolute atomic E-state index is 0.0515. The molecule has 0 aromatic heterocycles. The van der Waals surface area contributed by atoms with Gasteiger partial charge in [0, 0.05) is 33.4 Å². The number of phenols is 1. The Morgan fingerprint density at radius 1 is 0.605 bits per heavy atom. The zero-order valence-electron chi connectivity index (χ0n) is 30.2. The normalized spacial score (nSPS) is 13.6. The second kappa shape index (κ2) is 11.6. The number of rotatable bonds is 5. The van der Waals surface area contributed by atoms with Crippen LogP contribution in [0.5, 0.6) is 11.5 Å². The van der Waals surface area contributed by atoms with Gasteiger partial charge in [-0.1, -0.05) is 104 Å². The highest BCUT2D eigenvalue weighted by atomic mass is 16.5. The quantitative estimate of drug-likeness (QED) is 0.267. The second-order valence-corrected chi connectivity index (χ2v) is 18.3. The van der Waals surface area contributed by atoms with E-state index in [1.807, 2.05) is 53.7 Å². The number of esters is 1. The zero-order valence-corrected chi connectivity index (χ0v) is 30.2. The average Bonchev–Trinajstić information content (AvgIpc) is 2.73. The van der Waals surface area contributed by atoms with Crippen molar-refractivity contribution in [1.82, 2.24) is 5.32 Å². The van der Waals surface area contributed by atoms with Gasteiger partial charge in [-0.25, -0.2) is 4.79 Å². The lowest BCUT2D eigenvalue weighted by Gasteiger charge is -2.34. The van der Waals surface area contributed by atoms with Crippen LogP contribution in [0, 0.1) is 5.41 Å². The molecule has 1 amide bonds. The molecule has 43 heavy (non-hydrogen) atoms. The molecule has 0 radical (unpaired) electrons. The Balaban J connectivity index is 2.77. The van der Waals surface area contributed by atoms with Crippen LogP contribution in [-0.4, -0.2) is 22.5 Å². The summed E-state index contributed by atoms with van der Waals surface area (Å²) in [7, 11) is 0. The summed E-state index contributed by atoms with van der Waals surface area (Å²) in [5.74, 6) is 0.0621. The number of aromatic hydroxyl groups is 1. The number of benzene rings is 2. The molecule has 0 spiro atoms. The predicted molar refractivity (Wildman–Crippen MR) is 180 cm³/mol. The molecule has 2 rings (SSSR count). The van der Waals surface area contributed by atoms with E-state index in [1.165, 1.54) is 0 Å². The van der Waals surface area contributed by atoms with Crippen LogP contribution in [0.15, 0.2) is 24.3 Å². The summed E-state index contributed by atoms with van der Waals surface area (Å²) in [6.07, 6.45) is 0.819. The lowest BCUT2D eigenvalue weighted by molar-refractivity contribution is 0.0728. The minimum atomic E-state index is -0.490. The molecule has 2 N–H and O–H groups in total. The number of carbonyl (C=O) groups is 2. The third-order valence-electron chi connectivity index (χ3n) is 7.55. The first-order valence-corrected chi connectivity index (χ1v) is 15.6. The van der Waals surface area contributed by atoms with E-state index < -0.39 is 22.3 Å². The Bertz CT molecular complexity index is 1290. The average molecular weight is 594 g/mol. The van der Waals surface area contributed by atoms with Crippen molar-refractivity contribution >= 4 is 11.9 Å². The topological polar surface area (TPSA) is 75.6 Å². The highest BCUT2D eigenvalue weighted by Gasteiger charge is 2.34. The van der Waals surface area contributed by atoms with Crippen molar-refractivity contribution in [3.05, 3.63) is 57.6 Å². The monoisotopic (exact) mass is 593 g/mol. The molecule has 0 aliphatic heterocycles. The Kier molecular flexibility index (Phi) is 9.81. The van der Waals surface area contributed by atoms with E-state index in [0.29, 0.717) is 28.0 Å². The van der Waals surface area contributed by atoms with Crippen molar-refractivity contribution in [3.63, 3.8) is 0 Å². The Morgan fingerprint density at radius 3 is 1.28 bits per heavy atom. The predicted octanol–water partition coefficient (Wildman–Crippen LogP) is 9.75. The van der Waals surface area contributed by atoms with Gasteiger partial charge in [0.15, 0.2) is 0 Å². The van der Waals surface area contributed by atoms with Gasteiger partial charge in [0.25, 0.3) is 5.91 Å². The SMILES string of the molecule is CC(C)(C)CC(C)(C)NC(=O)c1cc(C(C)(C)C)c(OC(=O)c2cc(C(C)(C)C)c(O)c(C(C)(C)C)c2)c(C(C)(C)C)c1. The molecular weight excluding hydrogens is 534 g/mol. The third-order valence-corrected chi connectivity index (χ3v) is 7.55. The largest absolute Gasteiger partial charge is 0.507 e. The van der Waals surface area contributed by atoms with Crippen molar-refractivity contribution in [2.45, 2.75) is 151 Å². The highest BCUT2D eigenvalue weighted by Crippen LogP contribution is 2.43. The maximum Gasteiger partial charge on any atom is 0.343 e. The van der Waals surface area contributed by atoms with Crippen LogP contribution < -0.4 is 10.1 Å². The Labute approximate surface area is 262 Å². The number of ether oxygens (including phenoxy) is 1. The van der Waals surface area contributed by atoms with Crippen LogP contribution >= 0.6 is 0 Å². The molecule has 5 heteroatoms. The summed E-state index contributed by atoms with van der Waals surface area (Å²) in [4.78, 5) is 27.7. The first kappa shape index (κ1) is 36.4. The number of carbonyl (C=O) groups excluding carboxylic acids is 2. The van der Waals surface area contributed by atoms with E-state index in [9.17, 15) is 14.7 Å². The van der Waals surface area contributed by atoms with Gasteiger partial charge in [0.05, 0.1) is 5.56 Å². The van der Waals surface area contributed by atoms with Gasteiger partial charge in [-0.15, -0.1) is 0 Å². The minimum Gasteiger partial charge on any atom is -0.507 e. The van der Waals surface area contributed by atoms with Gasteiger partial charge in [0.1, 0.15) is 11.5 Å². The molecule has 0 unspecified atom stereocenters. The fourth-order valence-corrected chi connectivity index (χ4v) is 5.78. The summed E-state index contributed by atoms with van der Waals surface area (Å²) in [5.41, 5.74) is 1.94. The van der Waals surface area contributed by atoms with Gasteiger partial charge in [-0.05, 0) is 71.6 Å². The van der Waals surface area contributed by atoms with Crippen molar-refractivity contribution in [3.8, 4) is 11.5 Å². The van der Waals surface area contributed by atoms with Crippen LogP contribution in [0.1, 0.15) is 167 Å². The number of hydrogen-bond acceptors (Lipinski definition) is 4. The second-order valence-electron chi connectivity index (χ2n) is 18.3. The van der Waals surface area contributed by atoms with Crippen LogP contribution in [0.25, 0.3) is 0 Å². The molecule has 0 bridgehead atoms. The molecule has 0 heterocycles. The summed E-state index contributed by atoms with van der Waals surface area (Å²) >= 11 is 0. The summed E-state index contributed by atoms with van der Waals surface area (Å²) < 4.78 is 6.34. The molecule has 2 aromatic carbocycles. The molecule has 0 fully saturated rings. The molecule has 0 atom stereocenters. The molecule has 0 aliphatic rings. The first-order chi connectivity index (χ1) is 18.9. The molecule has 2 aromatic rings. The Morgan fingerprint density at radius 2 is 0.953 bits per heavy atom. The van der Waals surface area contributed by atoms with Crippen LogP contribution in [0.4, 0.5) is 0 Å². The lowest BCUT2D eigenvalue weighted by atomic mass is 9.77. The van der Waals surface area contributed by atoms with E-state index in [1.54, 1.807) is 12.1 Å². The van der Waals surface area contributed by atoms with Crippen molar-refractivity contribution in [2.24, 2.45) is 5.41 Å². The van der Waals surface area contributed by atoms with Crippen molar-refractivity contribution in [2.75, 3.05) is 0 Å². The number of amides is 1. The standard InChI is InChI=1S/C38H59NO4/c1-33(2,3)22-38(16,17)39-31(41)23-18-27(36(10,11)12)30(28(19-23)37(13,14)15)43-32(42)24-20-25(34(4,5)6)29(40)26(21-24)35(7,8)9/h18-21,40H,22H2,1-17H3,(H,39,41). The van der Waals surface area contributed by atoms with Crippen LogP contribution in [0.2, 0.25) is 0 Å². The zero-order chi connectivity index (χ0) is 33.7. The molecule has 240 valence electrons. The van der Waals surface area contributed by atoms with Gasteiger partial charge in [0.2, 0.25) is 0 Å². The fourth-order valence-electron chi connectivity index (χ4n) is 5.78. The molecule has 5 nitrogen and oxygen atoms in total. The van der Waals surface area contributed by atoms with E-state index in [0.717, 1.165) is 17.5 Å². The van der Waals surface area contributed by atoms with Gasteiger partial charge >= 0.3 is 5.97 Å². The third kappa shape index (κ3) is 9.33. The number of nitrogens with one attached hydrogen (secondary N) is 1.